The number of benzene rings is 1. The Morgan fingerprint density at radius 3 is 3.00 bits per heavy atom. The van der Waals surface area contributed by atoms with Crippen LogP contribution in [0.5, 0.6) is 0 Å². The van der Waals surface area contributed by atoms with Crippen molar-refractivity contribution in [3.63, 3.8) is 0 Å². The molecule has 16 heavy (non-hydrogen) atoms. The normalized spacial score (nSPS) is 10.9. The van der Waals surface area contributed by atoms with Crippen molar-refractivity contribution in [2.24, 2.45) is 0 Å². The van der Waals surface area contributed by atoms with Gasteiger partial charge in [0.15, 0.2) is 5.78 Å². The number of hydrogen-bond donors (Lipinski definition) is 1. The molecule has 0 saturated carbocycles. The number of nitrogens with one attached hydrogen (secondary N) is 1. The number of nitrogens with zero attached hydrogens (tertiary/aromatic N) is 1. The van der Waals surface area contributed by atoms with Crippen LogP contribution in [-0.4, -0.2) is 21.1 Å². The maximum atomic E-state index is 11.5. The molecule has 0 aliphatic carbocycles. The van der Waals surface area contributed by atoms with Crippen LogP contribution in [0.4, 0.5) is 0 Å². The fourth-order valence-electron chi connectivity index (χ4n) is 1.67. The van der Waals surface area contributed by atoms with E-state index in [4.69, 9.17) is 0 Å². The van der Waals surface area contributed by atoms with Crippen LogP contribution in [0.3, 0.4) is 0 Å². The highest BCUT2D eigenvalue weighted by molar-refractivity contribution is 9.09. The number of H-pyrrole nitrogens is 1. The average Bonchev–Trinajstić information content (AvgIpc) is 2.69. The van der Waals surface area contributed by atoms with Gasteiger partial charge in [-0.25, -0.2) is 4.98 Å². The Bertz CT molecular complexity index is 519. The maximum Gasteiger partial charge on any atom is 0.173 e. The van der Waals surface area contributed by atoms with Crippen LogP contribution in [-0.2, 0) is 6.42 Å². The molecule has 0 spiro atoms. The molecular weight excluding hydrogens is 268 g/mol. The van der Waals surface area contributed by atoms with E-state index in [1.54, 1.807) is 0 Å². The topological polar surface area (TPSA) is 45.8 Å². The zero-order valence-electron chi connectivity index (χ0n) is 9.09. The number of hydrogen-bond acceptors (Lipinski definition) is 2. The van der Waals surface area contributed by atoms with E-state index in [9.17, 15) is 4.79 Å². The highest BCUT2D eigenvalue weighted by Gasteiger charge is 2.07. The zero-order valence-corrected chi connectivity index (χ0v) is 10.7. The van der Waals surface area contributed by atoms with E-state index in [-0.39, 0.29) is 5.78 Å². The lowest BCUT2D eigenvalue weighted by Gasteiger charge is -1.95. The SMILES string of the molecule is CCCc1nc2ccc(C(=O)CBr)cc2[nH]1. The molecule has 0 radical (unpaired) electrons. The van der Waals surface area contributed by atoms with Gasteiger partial charge >= 0.3 is 0 Å². The van der Waals surface area contributed by atoms with Gasteiger partial charge in [0.25, 0.3) is 0 Å². The molecule has 1 aromatic heterocycles. The molecule has 2 rings (SSSR count). The Hall–Kier alpha value is -1.16. The maximum absolute atomic E-state index is 11.5. The van der Waals surface area contributed by atoms with E-state index in [1.807, 2.05) is 18.2 Å². The molecule has 0 amide bonds. The second-order valence-electron chi connectivity index (χ2n) is 3.72. The molecule has 1 aromatic carbocycles. The first-order valence-corrected chi connectivity index (χ1v) is 6.44. The minimum atomic E-state index is 0.0912. The third kappa shape index (κ3) is 2.16. The van der Waals surface area contributed by atoms with Crippen molar-refractivity contribution in [2.45, 2.75) is 19.8 Å². The predicted octanol–water partition coefficient (Wildman–Crippen LogP) is 3.09. The van der Waals surface area contributed by atoms with Crippen LogP contribution in [0, 0.1) is 0 Å². The van der Waals surface area contributed by atoms with Crippen molar-refractivity contribution in [2.75, 3.05) is 5.33 Å². The number of carbonyl (C=O) groups excluding carboxylic acids is 1. The summed E-state index contributed by atoms with van der Waals surface area (Å²) >= 11 is 3.17. The van der Waals surface area contributed by atoms with Crippen molar-refractivity contribution in [3.8, 4) is 0 Å². The minimum absolute atomic E-state index is 0.0912. The van der Waals surface area contributed by atoms with E-state index >= 15 is 0 Å². The third-order valence-corrected chi connectivity index (χ3v) is 2.97. The monoisotopic (exact) mass is 280 g/mol. The second-order valence-corrected chi connectivity index (χ2v) is 4.28. The number of fused-ring (bicyclic) bond motifs is 1. The number of Topliss-reactive ketones (excluding diaryl/α,β-unsaturated/α-hetero) is 1. The smallest absolute Gasteiger partial charge is 0.173 e. The number of carbonyl (C=O) groups is 1. The number of alkyl halides is 1. The number of ketones is 1. The van der Waals surface area contributed by atoms with Crippen molar-refractivity contribution in [3.05, 3.63) is 29.6 Å². The first-order chi connectivity index (χ1) is 7.74. The zero-order chi connectivity index (χ0) is 11.5. The molecule has 84 valence electrons. The van der Waals surface area contributed by atoms with E-state index in [0.29, 0.717) is 5.33 Å². The second kappa shape index (κ2) is 4.78. The first kappa shape index (κ1) is 11.3. The summed E-state index contributed by atoms with van der Waals surface area (Å²) in [6.45, 7) is 2.12. The van der Waals surface area contributed by atoms with Crippen LogP contribution in [0.2, 0.25) is 0 Å². The van der Waals surface area contributed by atoms with Crippen molar-refractivity contribution in [1.82, 2.24) is 9.97 Å². The Morgan fingerprint density at radius 2 is 2.31 bits per heavy atom. The van der Waals surface area contributed by atoms with Crippen molar-refractivity contribution >= 4 is 32.7 Å². The molecule has 3 nitrogen and oxygen atoms in total. The highest BCUT2D eigenvalue weighted by atomic mass is 79.9. The lowest BCUT2D eigenvalue weighted by molar-refractivity contribution is 0.102. The molecule has 0 saturated heterocycles. The summed E-state index contributed by atoms with van der Waals surface area (Å²) in [6.07, 6.45) is 2.00. The fourth-order valence-corrected chi connectivity index (χ4v) is 1.99. The van der Waals surface area contributed by atoms with Gasteiger partial charge in [-0.2, -0.15) is 0 Å². The fraction of sp³-hybridized carbons (Fsp3) is 0.333. The van der Waals surface area contributed by atoms with Crippen LogP contribution >= 0.6 is 15.9 Å². The summed E-state index contributed by atoms with van der Waals surface area (Å²) in [5.41, 5.74) is 2.58. The largest absolute Gasteiger partial charge is 0.342 e. The van der Waals surface area contributed by atoms with Crippen molar-refractivity contribution < 1.29 is 4.79 Å². The van der Waals surface area contributed by atoms with Crippen LogP contribution < -0.4 is 0 Å². The molecule has 2 aromatic rings. The molecule has 0 atom stereocenters. The van der Waals surface area contributed by atoms with Gasteiger partial charge in [0.1, 0.15) is 5.82 Å². The third-order valence-electron chi connectivity index (χ3n) is 2.46. The van der Waals surface area contributed by atoms with E-state index in [1.165, 1.54) is 0 Å². The summed E-state index contributed by atoms with van der Waals surface area (Å²) in [4.78, 5) is 19.2. The number of imidazole rings is 1. The quantitative estimate of drug-likeness (QED) is 0.691. The van der Waals surface area contributed by atoms with Crippen LogP contribution in [0.1, 0.15) is 29.5 Å². The molecular formula is C12H13BrN2O. The molecule has 0 unspecified atom stereocenters. The first-order valence-electron chi connectivity index (χ1n) is 5.32. The number of aromatic nitrogens is 2. The minimum Gasteiger partial charge on any atom is -0.342 e. The van der Waals surface area contributed by atoms with Crippen LogP contribution in [0.15, 0.2) is 18.2 Å². The summed E-state index contributed by atoms with van der Waals surface area (Å²) < 4.78 is 0. The Balaban J connectivity index is 2.41. The molecule has 0 bridgehead atoms. The Morgan fingerprint density at radius 1 is 1.50 bits per heavy atom. The lowest BCUT2D eigenvalue weighted by Crippen LogP contribution is -1.98. The van der Waals surface area contributed by atoms with E-state index < -0.39 is 0 Å². The summed E-state index contributed by atoms with van der Waals surface area (Å²) in [6, 6.07) is 5.58. The van der Waals surface area contributed by atoms with Gasteiger partial charge in [0.2, 0.25) is 0 Å². The van der Waals surface area contributed by atoms with Gasteiger partial charge in [0, 0.05) is 12.0 Å². The van der Waals surface area contributed by atoms with Gasteiger partial charge in [0.05, 0.1) is 16.4 Å². The molecule has 0 aliphatic rings. The number of aromatic amines is 1. The van der Waals surface area contributed by atoms with E-state index in [0.717, 1.165) is 35.3 Å². The van der Waals surface area contributed by atoms with Gasteiger partial charge in [-0.15, -0.1) is 0 Å². The summed E-state index contributed by atoms with van der Waals surface area (Å²) in [5.74, 6) is 1.08. The van der Waals surface area contributed by atoms with E-state index in [2.05, 4.69) is 32.8 Å². The summed E-state index contributed by atoms with van der Waals surface area (Å²) in [7, 11) is 0. The standard InChI is InChI=1S/C12H13BrN2O/c1-2-3-12-14-9-5-4-8(11(16)7-13)6-10(9)15-12/h4-6H,2-3,7H2,1H3,(H,14,15). The number of rotatable bonds is 4. The molecule has 0 aliphatic heterocycles. The Labute approximate surface area is 102 Å². The molecule has 0 fully saturated rings. The average molecular weight is 281 g/mol. The van der Waals surface area contributed by atoms with Gasteiger partial charge in [-0.3, -0.25) is 4.79 Å². The van der Waals surface area contributed by atoms with Gasteiger partial charge in [-0.05, 0) is 24.6 Å². The summed E-state index contributed by atoms with van der Waals surface area (Å²) in [5, 5.41) is 0.356. The predicted molar refractivity (Wildman–Crippen MR) is 68.2 cm³/mol. The molecule has 4 heteroatoms. The van der Waals surface area contributed by atoms with Crippen LogP contribution in [0.25, 0.3) is 11.0 Å². The van der Waals surface area contributed by atoms with Gasteiger partial charge in [-0.1, -0.05) is 22.9 Å². The van der Waals surface area contributed by atoms with Gasteiger partial charge < -0.3 is 4.98 Å². The number of aryl methyl sites for hydroxylation is 1. The van der Waals surface area contributed by atoms with Crippen molar-refractivity contribution in [1.29, 1.82) is 0 Å². The highest BCUT2D eigenvalue weighted by Crippen LogP contribution is 2.15. The lowest BCUT2D eigenvalue weighted by atomic mass is 10.1. The molecule has 1 N–H and O–H groups in total. The molecule has 1 heterocycles. The Kier molecular flexibility index (Phi) is 3.39. The number of halogens is 1.